The zero-order chi connectivity index (χ0) is 6.57. The van der Waals surface area contributed by atoms with Gasteiger partial charge in [-0.25, -0.2) is 4.79 Å². The lowest BCUT2D eigenvalue weighted by atomic mass is 10.3. The molecule has 0 aromatic rings. The molecule has 0 amide bonds. The van der Waals surface area contributed by atoms with E-state index in [0.29, 0.717) is 6.42 Å². The number of hydrogen-bond donors (Lipinski definition) is 2. The fraction of sp³-hybridized carbons (Fsp3) is 0.750. The molecule has 0 saturated carbocycles. The first-order valence-corrected chi connectivity index (χ1v) is 2.62. The van der Waals surface area contributed by atoms with Crippen LogP contribution in [0.25, 0.3) is 0 Å². The van der Waals surface area contributed by atoms with Crippen molar-refractivity contribution in [1.29, 1.82) is 0 Å². The monoisotopic (exact) mass is 136 g/mol. The standard InChI is InChI=1S/C4H8O3S/c1-2-3(5)4(6)7-8/h3,5,8H,2H2,1H3. The molecule has 0 fully saturated rings. The largest absolute Gasteiger partial charge is 0.393 e. The van der Waals surface area contributed by atoms with Crippen molar-refractivity contribution in [2.75, 3.05) is 0 Å². The summed E-state index contributed by atoms with van der Waals surface area (Å²) < 4.78 is 3.91. The Bertz CT molecular complexity index is 83.4. The fourth-order valence-corrected chi connectivity index (χ4v) is 0.349. The summed E-state index contributed by atoms with van der Waals surface area (Å²) in [7, 11) is 0. The van der Waals surface area contributed by atoms with E-state index in [-0.39, 0.29) is 0 Å². The minimum absolute atomic E-state index is 0.361. The summed E-state index contributed by atoms with van der Waals surface area (Å²) in [5.74, 6) is -0.698. The Morgan fingerprint density at radius 2 is 2.50 bits per heavy atom. The Hall–Kier alpha value is -0.220. The van der Waals surface area contributed by atoms with Crippen LogP contribution in [0.15, 0.2) is 0 Å². The molecule has 0 radical (unpaired) electrons. The second kappa shape index (κ2) is 3.74. The minimum Gasteiger partial charge on any atom is -0.393 e. The molecule has 48 valence electrons. The lowest BCUT2D eigenvalue weighted by molar-refractivity contribution is -0.142. The molecule has 0 aromatic carbocycles. The van der Waals surface area contributed by atoms with Gasteiger partial charge in [0.15, 0.2) is 6.10 Å². The van der Waals surface area contributed by atoms with Crippen LogP contribution in [0, 0.1) is 0 Å². The Morgan fingerprint density at radius 3 is 2.62 bits per heavy atom. The summed E-state index contributed by atoms with van der Waals surface area (Å²) in [4.78, 5) is 10.2. The van der Waals surface area contributed by atoms with Gasteiger partial charge in [-0.3, -0.25) is 0 Å². The maximum atomic E-state index is 10.2. The van der Waals surface area contributed by atoms with E-state index in [1.54, 1.807) is 6.92 Å². The molecule has 0 spiro atoms. The van der Waals surface area contributed by atoms with Gasteiger partial charge in [-0.1, -0.05) is 6.92 Å². The second-order valence-corrected chi connectivity index (χ2v) is 1.52. The maximum Gasteiger partial charge on any atom is 0.346 e. The van der Waals surface area contributed by atoms with Gasteiger partial charge in [0.2, 0.25) is 0 Å². The van der Waals surface area contributed by atoms with E-state index in [2.05, 4.69) is 17.1 Å². The zero-order valence-electron chi connectivity index (χ0n) is 4.50. The van der Waals surface area contributed by atoms with Gasteiger partial charge in [0.25, 0.3) is 0 Å². The van der Waals surface area contributed by atoms with Crippen LogP contribution in [0.4, 0.5) is 0 Å². The Morgan fingerprint density at radius 1 is 2.00 bits per heavy atom. The highest BCUT2D eigenvalue weighted by Crippen LogP contribution is 1.93. The normalized spacial score (nSPS) is 12.9. The van der Waals surface area contributed by atoms with Crippen molar-refractivity contribution in [3.63, 3.8) is 0 Å². The van der Waals surface area contributed by atoms with Gasteiger partial charge in [-0.05, 0) is 6.42 Å². The summed E-state index contributed by atoms with van der Waals surface area (Å²) in [5.41, 5.74) is 0. The molecule has 4 heteroatoms. The third kappa shape index (κ3) is 2.18. The predicted molar refractivity (Wildman–Crippen MR) is 31.4 cm³/mol. The first kappa shape index (κ1) is 7.78. The highest BCUT2D eigenvalue weighted by atomic mass is 32.1. The van der Waals surface area contributed by atoms with E-state index >= 15 is 0 Å². The van der Waals surface area contributed by atoms with E-state index in [0.717, 1.165) is 0 Å². The van der Waals surface area contributed by atoms with Gasteiger partial charge in [0.05, 0.1) is 0 Å². The number of aliphatic hydroxyl groups is 1. The van der Waals surface area contributed by atoms with Gasteiger partial charge >= 0.3 is 5.97 Å². The van der Waals surface area contributed by atoms with E-state index < -0.39 is 12.1 Å². The Labute approximate surface area is 53.3 Å². The van der Waals surface area contributed by atoms with Crippen LogP contribution in [-0.4, -0.2) is 17.2 Å². The SMILES string of the molecule is CCC(O)C(=O)OS. The quantitative estimate of drug-likeness (QED) is 0.419. The molecule has 0 heterocycles. The average molecular weight is 136 g/mol. The summed E-state index contributed by atoms with van der Waals surface area (Å²) in [6.45, 7) is 1.68. The van der Waals surface area contributed by atoms with Crippen molar-refractivity contribution in [1.82, 2.24) is 0 Å². The molecule has 0 aliphatic rings. The van der Waals surface area contributed by atoms with Crippen LogP contribution in [-0.2, 0) is 8.98 Å². The van der Waals surface area contributed by atoms with E-state index in [1.807, 2.05) is 0 Å². The lowest BCUT2D eigenvalue weighted by Crippen LogP contribution is -2.18. The van der Waals surface area contributed by atoms with Gasteiger partial charge < -0.3 is 9.29 Å². The van der Waals surface area contributed by atoms with E-state index in [9.17, 15) is 4.79 Å². The Kier molecular flexibility index (Phi) is 3.64. The highest BCUT2D eigenvalue weighted by Gasteiger charge is 2.11. The number of thiol groups is 1. The topological polar surface area (TPSA) is 46.5 Å². The van der Waals surface area contributed by atoms with Gasteiger partial charge in [0, 0.05) is 12.9 Å². The molecule has 3 nitrogen and oxygen atoms in total. The molecular weight excluding hydrogens is 128 g/mol. The lowest BCUT2D eigenvalue weighted by Gasteiger charge is -2.00. The summed E-state index contributed by atoms with van der Waals surface area (Å²) >= 11 is 3.20. The number of carbonyl (C=O) groups excluding carboxylic acids is 1. The molecule has 8 heavy (non-hydrogen) atoms. The van der Waals surface area contributed by atoms with Crippen molar-refractivity contribution < 1.29 is 14.1 Å². The van der Waals surface area contributed by atoms with Crippen LogP contribution in [0.2, 0.25) is 0 Å². The molecule has 0 bridgehead atoms. The molecule has 1 atom stereocenters. The molecule has 1 N–H and O–H groups in total. The molecule has 0 aromatic heterocycles. The number of hydrogen-bond acceptors (Lipinski definition) is 4. The van der Waals surface area contributed by atoms with Crippen molar-refractivity contribution in [2.45, 2.75) is 19.4 Å². The molecule has 1 unspecified atom stereocenters. The first-order valence-electron chi connectivity index (χ1n) is 2.25. The maximum absolute atomic E-state index is 10.2. The fourth-order valence-electron chi connectivity index (χ4n) is 0.228. The molecule has 0 aliphatic heterocycles. The van der Waals surface area contributed by atoms with E-state index in [4.69, 9.17) is 5.11 Å². The van der Waals surface area contributed by atoms with Gasteiger partial charge in [0.1, 0.15) is 0 Å². The zero-order valence-corrected chi connectivity index (χ0v) is 5.39. The van der Waals surface area contributed by atoms with Crippen LogP contribution < -0.4 is 0 Å². The molecule has 0 rings (SSSR count). The number of rotatable bonds is 2. The summed E-state index contributed by atoms with van der Waals surface area (Å²) in [6.07, 6.45) is -0.660. The molecular formula is C4H8O3S. The van der Waals surface area contributed by atoms with Crippen molar-refractivity contribution in [3.05, 3.63) is 0 Å². The third-order valence-electron chi connectivity index (χ3n) is 0.749. The average Bonchev–Trinajstić information content (AvgIpc) is 1.84. The second-order valence-electron chi connectivity index (χ2n) is 1.33. The van der Waals surface area contributed by atoms with Crippen molar-refractivity contribution >= 4 is 18.9 Å². The smallest absolute Gasteiger partial charge is 0.346 e. The summed E-state index contributed by atoms with van der Waals surface area (Å²) in [5, 5.41) is 8.60. The molecule has 0 saturated heterocycles. The number of aliphatic hydroxyl groups excluding tert-OH is 1. The molecule has 0 aliphatic carbocycles. The van der Waals surface area contributed by atoms with Crippen LogP contribution in [0.5, 0.6) is 0 Å². The van der Waals surface area contributed by atoms with E-state index in [1.165, 1.54) is 0 Å². The van der Waals surface area contributed by atoms with Crippen molar-refractivity contribution in [3.8, 4) is 0 Å². The predicted octanol–water partition coefficient (Wildman–Crippen LogP) is 0.145. The number of carbonyl (C=O) groups is 1. The third-order valence-corrected chi connectivity index (χ3v) is 0.929. The van der Waals surface area contributed by atoms with Crippen molar-refractivity contribution in [2.24, 2.45) is 0 Å². The first-order chi connectivity index (χ1) is 3.72. The summed E-state index contributed by atoms with van der Waals surface area (Å²) in [6, 6.07) is 0. The highest BCUT2D eigenvalue weighted by molar-refractivity contribution is 7.75. The van der Waals surface area contributed by atoms with Crippen LogP contribution >= 0.6 is 12.9 Å². The Balaban J connectivity index is 3.46. The van der Waals surface area contributed by atoms with Crippen LogP contribution in [0.1, 0.15) is 13.3 Å². The van der Waals surface area contributed by atoms with Gasteiger partial charge in [-0.2, -0.15) is 0 Å². The van der Waals surface area contributed by atoms with Gasteiger partial charge in [-0.15, -0.1) is 0 Å². The van der Waals surface area contributed by atoms with Crippen LogP contribution in [0.3, 0.4) is 0 Å². The minimum atomic E-state index is -1.02.